The molecule has 0 radical (unpaired) electrons. The number of ether oxygens (including phenoxy) is 1. The Bertz CT molecular complexity index is 364. The second-order valence-electron chi connectivity index (χ2n) is 8.45. The molecule has 3 aliphatic rings. The van der Waals surface area contributed by atoms with Crippen LogP contribution in [-0.4, -0.2) is 23.4 Å². The van der Waals surface area contributed by atoms with Crippen molar-refractivity contribution in [2.24, 2.45) is 22.7 Å². The van der Waals surface area contributed by atoms with Gasteiger partial charge in [-0.05, 0) is 61.7 Å². The Morgan fingerprint density at radius 2 is 1.80 bits per heavy atom. The van der Waals surface area contributed by atoms with Gasteiger partial charge in [0.2, 0.25) is 0 Å². The van der Waals surface area contributed by atoms with Crippen molar-refractivity contribution in [1.82, 2.24) is 0 Å². The molecule has 2 heteroatoms. The summed E-state index contributed by atoms with van der Waals surface area (Å²) in [6, 6.07) is 0. The van der Waals surface area contributed by atoms with Crippen molar-refractivity contribution in [3.05, 3.63) is 0 Å². The van der Waals surface area contributed by atoms with Crippen molar-refractivity contribution in [2.75, 3.05) is 0 Å². The van der Waals surface area contributed by atoms with Gasteiger partial charge in [0.25, 0.3) is 0 Å². The molecule has 116 valence electrons. The highest BCUT2D eigenvalue weighted by atomic mass is 16.5. The van der Waals surface area contributed by atoms with E-state index in [0.717, 1.165) is 25.2 Å². The van der Waals surface area contributed by atoms with Crippen LogP contribution in [0.15, 0.2) is 0 Å². The van der Waals surface area contributed by atoms with Crippen LogP contribution < -0.4 is 0 Å². The van der Waals surface area contributed by atoms with Gasteiger partial charge in [-0.3, -0.25) is 0 Å². The zero-order chi connectivity index (χ0) is 14.5. The topological polar surface area (TPSA) is 29.5 Å². The first-order valence-electron chi connectivity index (χ1n) is 8.70. The van der Waals surface area contributed by atoms with Crippen LogP contribution in [0.1, 0.15) is 72.6 Å². The van der Waals surface area contributed by atoms with Gasteiger partial charge in [0.1, 0.15) is 0 Å². The summed E-state index contributed by atoms with van der Waals surface area (Å²) in [7, 11) is 0. The summed E-state index contributed by atoms with van der Waals surface area (Å²) in [5, 5.41) is 10.1. The summed E-state index contributed by atoms with van der Waals surface area (Å²) in [4.78, 5) is 0. The zero-order valence-electron chi connectivity index (χ0n) is 13.7. The van der Waals surface area contributed by atoms with Crippen LogP contribution in [0.25, 0.3) is 0 Å². The third kappa shape index (κ3) is 2.06. The molecule has 3 saturated carbocycles. The first-order valence-corrected chi connectivity index (χ1v) is 8.70. The van der Waals surface area contributed by atoms with Crippen LogP contribution in [0.5, 0.6) is 0 Å². The van der Waals surface area contributed by atoms with E-state index in [1.54, 1.807) is 0 Å². The highest BCUT2D eigenvalue weighted by Crippen LogP contribution is 2.69. The molecule has 0 spiro atoms. The molecule has 0 aromatic rings. The maximum Gasteiger partial charge on any atom is 0.0837 e. The molecule has 2 bridgehead atoms. The molecule has 2 nitrogen and oxygen atoms in total. The summed E-state index contributed by atoms with van der Waals surface area (Å²) in [5.74, 6) is 1.55. The fraction of sp³-hybridized carbons (Fsp3) is 1.00. The van der Waals surface area contributed by atoms with E-state index in [1.165, 1.54) is 25.7 Å². The van der Waals surface area contributed by atoms with Gasteiger partial charge in [-0.15, -0.1) is 0 Å². The Balaban J connectivity index is 1.68. The van der Waals surface area contributed by atoms with Crippen molar-refractivity contribution in [2.45, 2.75) is 91.0 Å². The number of aliphatic hydroxyl groups excluding tert-OH is 1. The lowest BCUT2D eigenvalue weighted by molar-refractivity contribution is -0.123. The second-order valence-corrected chi connectivity index (χ2v) is 8.45. The molecule has 3 unspecified atom stereocenters. The quantitative estimate of drug-likeness (QED) is 0.841. The van der Waals surface area contributed by atoms with Crippen molar-refractivity contribution < 1.29 is 9.84 Å². The monoisotopic (exact) mass is 280 g/mol. The Kier molecular flexibility index (Phi) is 3.70. The van der Waals surface area contributed by atoms with E-state index in [9.17, 15) is 5.11 Å². The molecule has 0 heterocycles. The normalized spacial score (nSPS) is 48.5. The number of rotatable bonds is 3. The van der Waals surface area contributed by atoms with Crippen LogP contribution in [0, 0.1) is 22.7 Å². The highest BCUT2D eigenvalue weighted by molar-refractivity contribution is 5.11. The summed E-state index contributed by atoms with van der Waals surface area (Å²) < 4.78 is 6.35. The summed E-state index contributed by atoms with van der Waals surface area (Å²) in [5.41, 5.74) is 0.886. The van der Waals surface area contributed by atoms with Crippen LogP contribution in [0.3, 0.4) is 0 Å². The van der Waals surface area contributed by atoms with Crippen LogP contribution in [0.4, 0.5) is 0 Å². The van der Waals surface area contributed by atoms with Crippen LogP contribution >= 0.6 is 0 Å². The molecule has 6 atom stereocenters. The van der Waals surface area contributed by atoms with E-state index in [1.807, 2.05) is 0 Å². The number of hydrogen-bond donors (Lipinski definition) is 1. The lowest BCUT2D eigenvalue weighted by Crippen LogP contribution is -2.42. The van der Waals surface area contributed by atoms with Gasteiger partial charge in [0.15, 0.2) is 0 Å². The Morgan fingerprint density at radius 1 is 1.10 bits per heavy atom. The van der Waals surface area contributed by atoms with E-state index in [0.29, 0.717) is 22.9 Å². The van der Waals surface area contributed by atoms with Crippen molar-refractivity contribution in [3.63, 3.8) is 0 Å². The Morgan fingerprint density at radius 3 is 2.35 bits per heavy atom. The minimum atomic E-state index is -0.231. The Labute approximate surface area is 124 Å². The van der Waals surface area contributed by atoms with Crippen LogP contribution in [-0.2, 0) is 4.74 Å². The smallest absolute Gasteiger partial charge is 0.0837 e. The average Bonchev–Trinajstić information content (AvgIpc) is 2.74. The number of fused-ring (bicyclic) bond motifs is 2. The van der Waals surface area contributed by atoms with Gasteiger partial charge in [0.05, 0.1) is 18.3 Å². The zero-order valence-corrected chi connectivity index (χ0v) is 13.7. The molecule has 1 N–H and O–H groups in total. The molecule has 3 aliphatic carbocycles. The standard InChI is InChI=1S/C18H32O2/c1-12(20-16-8-6-5-7-15(16)19)14-11-13-9-10-18(14,4)17(13,2)3/h12-16,19H,5-11H2,1-4H3/t12?,13-,14+,15?,16?,18+/m0/s1. The number of aliphatic hydroxyl groups is 1. The first-order chi connectivity index (χ1) is 9.36. The van der Waals surface area contributed by atoms with Gasteiger partial charge < -0.3 is 9.84 Å². The summed E-state index contributed by atoms with van der Waals surface area (Å²) in [6.45, 7) is 9.68. The molecule has 0 aromatic heterocycles. The van der Waals surface area contributed by atoms with E-state index < -0.39 is 0 Å². The molecule has 0 aliphatic heterocycles. The highest BCUT2D eigenvalue weighted by Gasteiger charge is 2.62. The Hall–Kier alpha value is -0.0800. The predicted octanol–water partition coefficient (Wildman–Crippen LogP) is 4.16. The predicted molar refractivity (Wildman–Crippen MR) is 81.5 cm³/mol. The molecular formula is C18H32O2. The summed E-state index contributed by atoms with van der Waals surface area (Å²) >= 11 is 0. The molecule has 0 saturated heterocycles. The maximum absolute atomic E-state index is 10.1. The van der Waals surface area contributed by atoms with Crippen molar-refractivity contribution >= 4 is 0 Å². The second kappa shape index (κ2) is 4.98. The van der Waals surface area contributed by atoms with E-state index in [2.05, 4.69) is 27.7 Å². The molecule has 20 heavy (non-hydrogen) atoms. The summed E-state index contributed by atoms with van der Waals surface area (Å²) in [6.07, 6.45) is 8.57. The molecule has 0 amide bonds. The lowest BCUT2D eigenvalue weighted by atomic mass is 9.65. The largest absolute Gasteiger partial charge is 0.390 e. The van der Waals surface area contributed by atoms with Gasteiger partial charge in [-0.2, -0.15) is 0 Å². The molecule has 3 rings (SSSR count). The van der Waals surface area contributed by atoms with Crippen LogP contribution in [0.2, 0.25) is 0 Å². The van der Waals surface area contributed by atoms with Gasteiger partial charge in [0, 0.05) is 0 Å². The van der Waals surface area contributed by atoms with Gasteiger partial charge >= 0.3 is 0 Å². The third-order valence-electron chi connectivity index (χ3n) is 7.49. The first kappa shape index (κ1) is 14.8. The fourth-order valence-electron chi connectivity index (χ4n) is 5.58. The third-order valence-corrected chi connectivity index (χ3v) is 7.49. The van der Waals surface area contributed by atoms with Crippen molar-refractivity contribution in [1.29, 1.82) is 0 Å². The van der Waals surface area contributed by atoms with Gasteiger partial charge in [-0.1, -0.05) is 33.6 Å². The van der Waals surface area contributed by atoms with Crippen molar-refractivity contribution in [3.8, 4) is 0 Å². The average molecular weight is 280 g/mol. The fourth-order valence-corrected chi connectivity index (χ4v) is 5.58. The van der Waals surface area contributed by atoms with E-state index in [4.69, 9.17) is 4.74 Å². The maximum atomic E-state index is 10.1. The molecule has 0 aromatic carbocycles. The SMILES string of the molecule is CC(OC1CCCCC1O)[C@H]1C[C@@H]2CC[C@@]1(C)C2(C)C. The minimum Gasteiger partial charge on any atom is -0.390 e. The molecular weight excluding hydrogens is 248 g/mol. The van der Waals surface area contributed by atoms with E-state index >= 15 is 0 Å². The lowest BCUT2D eigenvalue weighted by Gasteiger charge is -2.43. The number of hydrogen-bond acceptors (Lipinski definition) is 2. The minimum absolute atomic E-state index is 0.0876. The van der Waals surface area contributed by atoms with Gasteiger partial charge in [-0.25, -0.2) is 0 Å². The molecule has 3 fully saturated rings. The van der Waals surface area contributed by atoms with E-state index in [-0.39, 0.29) is 12.2 Å².